The maximum atomic E-state index is 13.0. The molecule has 6 heteroatoms. The van der Waals surface area contributed by atoms with Gasteiger partial charge in [-0.15, -0.1) is 0 Å². The van der Waals surface area contributed by atoms with Gasteiger partial charge in [-0.25, -0.2) is 4.39 Å². The van der Waals surface area contributed by atoms with Gasteiger partial charge in [0.1, 0.15) is 11.6 Å². The molecule has 0 aliphatic rings. The van der Waals surface area contributed by atoms with Crippen LogP contribution in [0.15, 0.2) is 48.5 Å². The van der Waals surface area contributed by atoms with Gasteiger partial charge in [-0.05, 0) is 29.8 Å². The number of carbonyl (C=O) groups is 1. The Kier molecular flexibility index (Phi) is 5.69. The van der Waals surface area contributed by atoms with Crippen molar-refractivity contribution in [1.29, 1.82) is 0 Å². The number of para-hydroxylation sites is 1. The average molecular weight is 340 g/mol. The van der Waals surface area contributed by atoms with Crippen LogP contribution in [0.1, 0.15) is 5.56 Å². The number of benzene rings is 2. The highest BCUT2D eigenvalue weighted by atomic mass is 35.5. The minimum atomic E-state index is -1.41. The van der Waals surface area contributed by atoms with Crippen molar-refractivity contribution < 1.29 is 13.4 Å². The SMILES string of the molecule is CN(C(=O)CS(=O)Cc1ccc(F)cc1Cl)c1ccccc1. The van der Waals surface area contributed by atoms with Crippen LogP contribution in [0.4, 0.5) is 10.1 Å². The van der Waals surface area contributed by atoms with E-state index >= 15 is 0 Å². The van der Waals surface area contributed by atoms with Gasteiger partial charge < -0.3 is 4.90 Å². The molecule has 3 nitrogen and oxygen atoms in total. The van der Waals surface area contributed by atoms with Crippen molar-refractivity contribution in [3.05, 3.63) is 64.9 Å². The third-order valence-electron chi connectivity index (χ3n) is 3.13. The lowest BCUT2D eigenvalue weighted by atomic mass is 10.2. The Labute approximate surface area is 136 Å². The molecule has 2 rings (SSSR count). The minimum absolute atomic E-state index is 0.112. The topological polar surface area (TPSA) is 37.4 Å². The summed E-state index contributed by atoms with van der Waals surface area (Å²) in [6.45, 7) is 0. The van der Waals surface area contributed by atoms with Gasteiger partial charge in [-0.2, -0.15) is 0 Å². The number of hydrogen-bond donors (Lipinski definition) is 0. The number of rotatable bonds is 5. The summed E-state index contributed by atoms with van der Waals surface area (Å²) >= 11 is 5.90. The van der Waals surface area contributed by atoms with Crippen molar-refractivity contribution in [2.45, 2.75) is 5.75 Å². The molecule has 0 radical (unpaired) electrons. The summed E-state index contributed by atoms with van der Waals surface area (Å²) < 4.78 is 25.1. The quantitative estimate of drug-likeness (QED) is 0.837. The summed E-state index contributed by atoms with van der Waals surface area (Å²) in [7, 11) is 0.228. The van der Waals surface area contributed by atoms with E-state index in [0.29, 0.717) is 5.56 Å². The molecule has 0 aromatic heterocycles. The molecule has 0 N–H and O–H groups in total. The predicted octanol–water partition coefficient (Wildman–Crippen LogP) is 3.39. The maximum absolute atomic E-state index is 13.0. The molecule has 116 valence electrons. The highest BCUT2D eigenvalue weighted by molar-refractivity contribution is 7.85. The third kappa shape index (κ3) is 4.39. The van der Waals surface area contributed by atoms with E-state index < -0.39 is 16.6 Å². The second-order valence-electron chi connectivity index (χ2n) is 4.75. The fraction of sp³-hybridized carbons (Fsp3) is 0.188. The molecule has 0 bridgehead atoms. The van der Waals surface area contributed by atoms with Crippen molar-refractivity contribution in [1.82, 2.24) is 0 Å². The summed E-state index contributed by atoms with van der Waals surface area (Å²) in [6, 6.07) is 13.0. The van der Waals surface area contributed by atoms with Crippen molar-refractivity contribution in [2.75, 3.05) is 17.7 Å². The van der Waals surface area contributed by atoms with Crippen LogP contribution in [0.3, 0.4) is 0 Å². The lowest BCUT2D eigenvalue weighted by Crippen LogP contribution is -2.31. The zero-order valence-corrected chi connectivity index (χ0v) is 13.5. The largest absolute Gasteiger partial charge is 0.315 e. The number of anilines is 1. The molecule has 1 unspecified atom stereocenters. The molecule has 0 saturated carbocycles. The predicted molar refractivity (Wildman–Crippen MR) is 88.0 cm³/mol. The number of carbonyl (C=O) groups excluding carboxylic acids is 1. The van der Waals surface area contributed by atoms with Crippen molar-refractivity contribution in [3.8, 4) is 0 Å². The van der Waals surface area contributed by atoms with Crippen molar-refractivity contribution >= 4 is 34.0 Å². The molecule has 1 amide bonds. The Morgan fingerprint density at radius 3 is 2.55 bits per heavy atom. The Bertz CT molecular complexity index is 694. The smallest absolute Gasteiger partial charge is 0.239 e. The zero-order valence-electron chi connectivity index (χ0n) is 12.0. The molecule has 0 aliphatic heterocycles. The molecule has 0 heterocycles. The van der Waals surface area contributed by atoms with Crippen LogP contribution in [-0.4, -0.2) is 22.9 Å². The second kappa shape index (κ2) is 7.51. The maximum Gasteiger partial charge on any atom is 0.239 e. The van der Waals surface area contributed by atoms with E-state index in [4.69, 9.17) is 11.6 Å². The molecule has 2 aromatic rings. The summed E-state index contributed by atoms with van der Waals surface area (Å²) in [6.07, 6.45) is 0. The average Bonchev–Trinajstić information content (AvgIpc) is 2.50. The van der Waals surface area contributed by atoms with Crippen LogP contribution in [-0.2, 0) is 21.3 Å². The van der Waals surface area contributed by atoms with E-state index in [2.05, 4.69) is 0 Å². The van der Waals surface area contributed by atoms with Crippen molar-refractivity contribution in [3.63, 3.8) is 0 Å². The Morgan fingerprint density at radius 2 is 1.91 bits per heavy atom. The van der Waals surface area contributed by atoms with Gasteiger partial charge in [-0.1, -0.05) is 35.9 Å². The first-order valence-corrected chi connectivity index (χ1v) is 8.44. The Balaban J connectivity index is 1.98. The second-order valence-corrected chi connectivity index (χ2v) is 6.62. The molecule has 0 fully saturated rings. The van der Waals surface area contributed by atoms with Crippen LogP contribution < -0.4 is 4.90 Å². The van der Waals surface area contributed by atoms with Gasteiger partial charge in [0.2, 0.25) is 5.91 Å². The normalized spacial score (nSPS) is 12.0. The summed E-state index contributed by atoms with van der Waals surface area (Å²) in [5.41, 5.74) is 1.31. The standard InChI is InChI=1S/C16H15ClFNO2S/c1-19(14-5-3-2-4-6-14)16(20)11-22(21)10-12-7-8-13(18)9-15(12)17/h2-9H,10-11H2,1H3. The first kappa shape index (κ1) is 16.6. The number of amides is 1. The van der Waals surface area contributed by atoms with Gasteiger partial charge in [-0.3, -0.25) is 9.00 Å². The lowest BCUT2D eigenvalue weighted by molar-refractivity contribution is -0.115. The van der Waals surface area contributed by atoms with Crippen LogP contribution in [0.25, 0.3) is 0 Å². The van der Waals surface area contributed by atoms with E-state index in [-0.39, 0.29) is 22.4 Å². The fourth-order valence-corrected chi connectivity index (χ4v) is 3.38. The molecule has 1 atom stereocenters. The summed E-state index contributed by atoms with van der Waals surface area (Å²) in [5, 5.41) is 0.220. The number of halogens is 2. The first-order valence-electron chi connectivity index (χ1n) is 6.58. The van der Waals surface area contributed by atoms with Gasteiger partial charge in [0.25, 0.3) is 0 Å². The van der Waals surface area contributed by atoms with Gasteiger partial charge >= 0.3 is 0 Å². The Hall–Kier alpha value is -1.72. The molecule has 0 spiro atoms. The van der Waals surface area contributed by atoms with Gasteiger partial charge in [0.15, 0.2) is 0 Å². The van der Waals surface area contributed by atoms with Crippen LogP contribution in [0.2, 0.25) is 5.02 Å². The number of nitrogens with zero attached hydrogens (tertiary/aromatic N) is 1. The van der Waals surface area contributed by atoms with Crippen LogP contribution in [0, 0.1) is 5.82 Å². The molecule has 0 aliphatic carbocycles. The van der Waals surface area contributed by atoms with E-state index in [1.165, 1.54) is 23.1 Å². The van der Waals surface area contributed by atoms with Gasteiger partial charge in [0.05, 0.1) is 5.75 Å². The summed E-state index contributed by atoms with van der Waals surface area (Å²) in [4.78, 5) is 13.6. The van der Waals surface area contributed by atoms with Crippen molar-refractivity contribution in [2.24, 2.45) is 0 Å². The first-order chi connectivity index (χ1) is 10.5. The third-order valence-corrected chi connectivity index (χ3v) is 4.69. The molecule has 0 saturated heterocycles. The van der Waals surface area contributed by atoms with Crippen LogP contribution in [0.5, 0.6) is 0 Å². The molecule has 2 aromatic carbocycles. The highest BCUT2D eigenvalue weighted by Gasteiger charge is 2.15. The molecular weight excluding hydrogens is 325 g/mol. The zero-order chi connectivity index (χ0) is 16.1. The minimum Gasteiger partial charge on any atom is -0.315 e. The molecular formula is C16H15ClFNO2S. The van der Waals surface area contributed by atoms with E-state index in [0.717, 1.165) is 5.69 Å². The summed E-state index contributed by atoms with van der Waals surface area (Å²) in [5.74, 6) is -0.686. The molecule has 22 heavy (non-hydrogen) atoms. The van der Waals surface area contributed by atoms with E-state index in [1.54, 1.807) is 19.2 Å². The van der Waals surface area contributed by atoms with Gasteiger partial charge in [0, 0.05) is 28.6 Å². The monoisotopic (exact) mass is 339 g/mol. The highest BCUT2D eigenvalue weighted by Crippen LogP contribution is 2.19. The van der Waals surface area contributed by atoms with E-state index in [1.807, 2.05) is 18.2 Å². The van der Waals surface area contributed by atoms with E-state index in [9.17, 15) is 13.4 Å². The lowest BCUT2D eigenvalue weighted by Gasteiger charge is -2.17. The van der Waals surface area contributed by atoms with Crippen LogP contribution >= 0.6 is 11.6 Å². The fourth-order valence-electron chi connectivity index (χ4n) is 1.89. The number of hydrogen-bond acceptors (Lipinski definition) is 2. The Morgan fingerprint density at radius 1 is 1.23 bits per heavy atom.